The molecule has 100 valence electrons. The number of benzene rings is 2. The zero-order chi connectivity index (χ0) is 13.8. The lowest BCUT2D eigenvalue weighted by molar-refractivity contribution is 1.02. The molecule has 3 rings (SSSR count). The Morgan fingerprint density at radius 1 is 1.00 bits per heavy atom. The molecule has 0 fully saturated rings. The number of anilines is 1. The van der Waals surface area contributed by atoms with E-state index in [0.717, 1.165) is 24.2 Å². The van der Waals surface area contributed by atoms with Crippen LogP contribution in [0.2, 0.25) is 0 Å². The van der Waals surface area contributed by atoms with Gasteiger partial charge in [-0.15, -0.1) is 0 Å². The highest BCUT2D eigenvalue weighted by molar-refractivity contribution is 14.1. The average Bonchev–Trinajstić information content (AvgIpc) is 2.49. The molecule has 1 aromatic heterocycles. The van der Waals surface area contributed by atoms with E-state index in [4.69, 9.17) is 0 Å². The fourth-order valence-corrected chi connectivity index (χ4v) is 2.75. The average molecular weight is 374 g/mol. The van der Waals surface area contributed by atoms with E-state index in [0.29, 0.717) is 0 Å². The molecule has 0 spiro atoms. The first-order valence-electron chi connectivity index (χ1n) is 6.65. The lowest BCUT2D eigenvalue weighted by Crippen LogP contribution is -2.05. The van der Waals surface area contributed by atoms with Crippen molar-refractivity contribution in [3.8, 4) is 0 Å². The van der Waals surface area contributed by atoms with Gasteiger partial charge in [0.25, 0.3) is 0 Å². The smallest absolute Gasteiger partial charge is 0.0723 e. The highest BCUT2D eigenvalue weighted by Crippen LogP contribution is 2.23. The zero-order valence-electron chi connectivity index (χ0n) is 11.0. The number of aromatic nitrogens is 1. The van der Waals surface area contributed by atoms with Gasteiger partial charge in [-0.25, -0.2) is 0 Å². The van der Waals surface area contributed by atoms with Crippen LogP contribution in [0.5, 0.6) is 0 Å². The molecular weight excluding hydrogens is 359 g/mol. The summed E-state index contributed by atoms with van der Waals surface area (Å²) in [6.45, 7) is 0.925. The summed E-state index contributed by atoms with van der Waals surface area (Å²) in [6, 6.07) is 18.9. The van der Waals surface area contributed by atoms with Crippen molar-refractivity contribution in [1.29, 1.82) is 0 Å². The van der Waals surface area contributed by atoms with Crippen molar-refractivity contribution in [2.45, 2.75) is 6.42 Å². The maximum Gasteiger partial charge on any atom is 0.0723 e. The van der Waals surface area contributed by atoms with Crippen molar-refractivity contribution >= 4 is 39.2 Å². The number of halogens is 1. The Kier molecular flexibility index (Phi) is 4.16. The second-order valence-electron chi connectivity index (χ2n) is 4.68. The minimum atomic E-state index is 0.925. The Morgan fingerprint density at radius 3 is 2.70 bits per heavy atom. The predicted molar refractivity (Wildman–Crippen MR) is 93.1 cm³/mol. The largest absolute Gasteiger partial charge is 0.384 e. The van der Waals surface area contributed by atoms with Gasteiger partial charge in [0.05, 0.1) is 5.52 Å². The van der Waals surface area contributed by atoms with Gasteiger partial charge >= 0.3 is 0 Å². The molecule has 0 saturated heterocycles. The number of fused-ring (bicyclic) bond motifs is 1. The molecule has 0 atom stereocenters. The molecule has 2 nitrogen and oxygen atoms in total. The first-order chi connectivity index (χ1) is 9.83. The SMILES string of the molecule is Ic1ccc2nccc(NCCc3ccccc3)c2c1. The Labute approximate surface area is 132 Å². The summed E-state index contributed by atoms with van der Waals surface area (Å²) in [5.41, 5.74) is 3.55. The molecule has 0 saturated carbocycles. The highest BCUT2D eigenvalue weighted by atomic mass is 127. The molecule has 3 aromatic rings. The summed E-state index contributed by atoms with van der Waals surface area (Å²) < 4.78 is 1.23. The van der Waals surface area contributed by atoms with Gasteiger partial charge in [0, 0.05) is 27.4 Å². The first-order valence-corrected chi connectivity index (χ1v) is 7.73. The van der Waals surface area contributed by atoms with E-state index in [1.54, 1.807) is 0 Å². The van der Waals surface area contributed by atoms with Crippen LogP contribution in [0.25, 0.3) is 10.9 Å². The van der Waals surface area contributed by atoms with Gasteiger partial charge in [-0.1, -0.05) is 30.3 Å². The third kappa shape index (κ3) is 3.10. The Bertz CT molecular complexity index is 711. The molecule has 0 aliphatic heterocycles. The molecule has 20 heavy (non-hydrogen) atoms. The van der Waals surface area contributed by atoms with Crippen LogP contribution >= 0.6 is 22.6 Å². The van der Waals surface area contributed by atoms with Crippen molar-refractivity contribution in [1.82, 2.24) is 4.98 Å². The first kappa shape index (κ1) is 13.4. The highest BCUT2D eigenvalue weighted by Gasteiger charge is 2.02. The van der Waals surface area contributed by atoms with Gasteiger partial charge in [-0.05, 0) is 58.8 Å². The third-order valence-corrected chi connectivity index (χ3v) is 3.95. The van der Waals surface area contributed by atoms with Crippen molar-refractivity contribution in [2.75, 3.05) is 11.9 Å². The number of hydrogen-bond donors (Lipinski definition) is 1. The molecule has 2 aromatic carbocycles. The normalized spacial score (nSPS) is 10.7. The molecule has 0 radical (unpaired) electrons. The Hall–Kier alpha value is -1.62. The Morgan fingerprint density at radius 2 is 1.85 bits per heavy atom. The summed E-state index contributed by atoms with van der Waals surface area (Å²) in [4.78, 5) is 4.41. The molecule has 3 heteroatoms. The minimum absolute atomic E-state index is 0.925. The van der Waals surface area contributed by atoms with E-state index in [2.05, 4.69) is 81.4 Å². The molecule has 0 amide bonds. The van der Waals surface area contributed by atoms with E-state index in [9.17, 15) is 0 Å². The predicted octanol–water partition coefficient (Wildman–Crippen LogP) is 4.49. The monoisotopic (exact) mass is 374 g/mol. The van der Waals surface area contributed by atoms with Crippen LogP contribution in [0.15, 0.2) is 60.8 Å². The maximum absolute atomic E-state index is 4.41. The van der Waals surface area contributed by atoms with E-state index in [-0.39, 0.29) is 0 Å². The van der Waals surface area contributed by atoms with Crippen LogP contribution in [0.3, 0.4) is 0 Å². The van der Waals surface area contributed by atoms with Gasteiger partial charge in [0.15, 0.2) is 0 Å². The van der Waals surface area contributed by atoms with Crippen LogP contribution in [0.4, 0.5) is 5.69 Å². The molecule has 1 N–H and O–H groups in total. The van der Waals surface area contributed by atoms with Gasteiger partial charge in [-0.3, -0.25) is 4.98 Å². The van der Waals surface area contributed by atoms with Crippen LogP contribution in [-0.4, -0.2) is 11.5 Å². The molecule has 0 unspecified atom stereocenters. The maximum atomic E-state index is 4.41. The third-order valence-electron chi connectivity index (χ3n) is 3.28. The van der Waals surface area contributed by atoms with E-state index in [1.165, 1.54) is 14.5 Å². The van der Waals surface area contributed by atoms with Gasteiger partial charge in [0.1, 0.15) is 0 Å². The van der Waals surface area contributed by atoms with E-state index >= 15 is 0 Å². The number of hydrogen-bond acceptors (Lipinski definition) is 2. The second kappa shape index (κ2) is 6.22. The molecule has 0 aliphatic carbocycles. The zero-order valence-corrected chi connectivity index (χ0v) is 13.2. The van der Waals surface area contributed by atoms with Gasteiger partial charge in [-0.2, -0.15) is 0 Å². The van der Waals surface area contributed by atoms with E-state index < -0.39 is 0 Å². The summed E-state index contributed by atoms with van der Waals surface area (Å²) in [5.74, 6) is 0. The lowest BCUT2D eigenvalue weighted by atomic mass is 10.1. The second-order valence-corrected chi connectivity index (χ2v) is 5.93. The van der Waals surface area contributed by atoms with Crippen molar-refractivity contribution in [2.24, 2.45) is 0 Å². The minimum Gasteiger partial charge on any atom is -0.384 e. The summed E-state index contributed by atoms with van der Waals surface area (Å²) >= 11 is 2.34. The van der Waals surface area contributed by atoms with Gasteiger partial charge in [0.2, 0.25) is 0 Å². The summed E-state index contributed by atoms with van der Waals surface area (Å²) in [6.07, 6.45) is 2.88. The number of nitrogens with zero attached hydrogens (tertiary/aromatic N) is 1. The fraction of sp³-hybridized carbons (Fsp3) is 0.118. The van der Waals surface area contributed by atoms with Crippen molar-refractivity contribution in [3.63, 3.8) is 0 Å². The molecule has 0 aliphatic rings. The van der Waals surface area contributed by atoms with Crippen LogP contribution in [0, 0.1) is 3.57 Å². The standard InChI is InChI=1S/C17H15IN2/c18-14-6-7-16-15(12-14)17(9-11-20-16)19-10-8-13-4-2-1-3-5-13/h1-7,9,11-12H,8,10H2,(H,19,20). The molecule has 0 bridgehead atoms. The van der Waals surface area contributed by atoms with Crippen LogP contribution < -0.4 is 5.32 Å². The summed E-state index contributed by atoms with van der Waals surface area (Å²) in [7, 11) is 0. The lowest BCUT2D eigenvalue weighted by Gasteiger charge is -2.09. The molecular formula is C17H15IN2. The van der Waals surface area contributed by atoms with Crippen LogP contribution in [-0.2, 0) is 6.42 Å². The molecule has 1 heterocycles. The van der Waals surface area contributed by atoms with Crippen molar-refractivity contribution < 1.29 is 0 Å². The van der Waals surface area contributed by atoms with Crippen molar-refractivity contribution in [3.05, 3.63) is 69.9 Å². The van der Waals surface area contributed by atoms with Crippen LogP contribution in [0.1, 0.15) is 5.56 Å². The number of rotatable bonds is 4. The Balaban J connectivity index is 1.76. The topological polar surface area (TPSA) is 24.9 Å². The fourth-order valence-electron chi connectivity index (χ4n) is 2.26. The number of pyridine rings is 1. The summed E-state index contributed by atoms with van der Waals surface area (Å²) in [5, 5.41) is 4.71. The quantitative estimate of drug-likeness (QED) is 0.681. The number of nitrogens with one attached hydrogen (secondary N) is 1. The van der Waals surface area contributed by atoms with E-state index in [1.807, 2.05) is 12.3 Å². The van der Waals surface area contributed by atoms with Gasteiger partial charge < -0.3 is 5.32 Å².